The van der Waals surface area contributed by atoms with Gasteiger partial charge in [-0.15, -0.1) is 0 Å². The molecule has 0 atom stereocenters. The van der Waals surface area contributed by atoms with E-state index in [0.717, 1.165) is 22.5 Å². The van der Waals surface area contributed by atoms with Gasteiger partial charge in [-0.2, -0.15) is 4.31 Å². The molecule has 0 saturated heterocycles. The number of halogens is 4. The van der Waals surface area contributed by atoms with Crippen LogP contribution in [-0.4, -0.2) is 25.2 Å². The smallest absolute Gasteiger partial charge is 0.243 e. The van der Waals surface area contributed by atoms with E-state index in [1.54, 1.807) is 24.3 Å². The summed E-state index contributed by atoms with van der Waals surface area (Å²) in [5.74, 6) is -2.85. The number of anilines is 1. The van der Waals surface area contributed by atoms with Gasteiger partial charge in [-0.3, -0.25) is 4.79 Å². The third kappa shape index (κ3) is 5.80. The first-order valence-corrected chi connectivity index (χ1v) is 11.1. The summed E-state index contributed by atoms with van der Waals surface area (Å²) in [6, 6.07) is 14.9. The minimum absolute atomic E-state index is 0.0873. The Bertz CT molecular complexity index is 1170. The fraction of sp³-hybridized carbons (Fsp3) is 0.0952. The Labute approximate surface area is 188 Å². The van der Waals surface area contributed by atoms with Gasteiger partial charge in [-0.05, 0) is 54.1 Å². The van der Waals surface area contributed by atoms with Crippen LogP contribution in [0, 0.1) is 11.6 Å². The second-order valence-corrected chi connectivity index (χ2v) is 9.31. The normalized spacial score (nSPS) is 11.5. The minimum atomic E-state index is -4.14. The summed E-state index contributed by atoms with van der Waals surface area (Å²) in [5.41, 5.74) is -0.0883. The van der Waals surface area contributed by atoms with Crippen molar-refractivity contribution in [2.75, 3.05) is 11.9 Å². The van der Waals surface area contributed by atoms with Crippen molar-refractivity contribution in [3.05, 3.63) is 94.0 Å². The molecule has 5 nitrogen and oxygen atoms in total. The molecule has 0 aliphatic carbocycles. The molecule has 10 heteroatoms. The number of carbonyl (C=O) groups excluding carboxylic acids is 1. The molecule has 0 fully saturated rings. The molecule has 3 aromatic carbocycles. The first-order valence-electron chi connectivity index (χ1n) is 8.91. The van der Waals surface area contributed by atoms with Gasteiger partial charge in [0.15, 0.2) is 0 Å². The summed E-state index contributed by atoms with van der Waals surface area (Å²) in [4.78, 5) is 12.4. The lowest BCUT2D eigenvalue weighted by Gasteiger charge is -2.22. The van der Waals surface area contributed by atoms with Gasteiger partial charge in [0, 0.05) is 16.6 Å². The predicted octanol–water partition coefficient (Wildman–Crippen LogP) is 5.10. The summed E-state index contributed by atoms with van der Waals surface area (Å²) in [7, 11) is -4.14. The van der Waals surface area contributed by atoms with E-state index in [2.05, 4.69) is 5.32 Å². The number of nitrogens with zero attached hydrogens (tertiary/aromatic N) is 1. The van der Waals surface area contributed by atoms with Crippen molar-refractivity contribution in [2.24, 2.45) is 0 Å². The molecule has 1 N–H and O–H groups in total. The Morgan fingerprint density at radius 1 is 0.871 bits per heavy atom. The molecular weight excluding hydrogens is 469 g/mol. The number of carbonyl (C=O) groups is 1. The molecule has 3 rings (SSSR count). The summed E-state index contributed by atoms with van der Waals surface area (Å²) < 4.78 is 54.9. The zero-order chi connectivity index (χ0) is 22.6. The van der Waals surface area contributed by atoms with E-state index in [1.807, 2.05) is 0 Å². The fourth-order valence-electron chi connectivity index (χ4n) is 2.73. The zero-order valence-corrected chi connectivity index (χ0v) is 18.2. The molecule has 0 unspecified atom stereocenters. The van der Waals surface area contributed by atoms with Gasteiger partial charge < -0.3 is 5.32 Å². The van der Waals surface area contributed by atoms with Crippen LogP contribution >= 0.6 is 23.2 Å². The van der Waals surface area contributed by atoms with Crippen LogP contribution in [0.3, 0.4) is 0 Å². The molecule has 1 amide bonds. The van der Waals surface area contributed by atoms with Gasteiger partial charge in [-0.1, -0.05) is 41.4 Å². The first kappa shape index (κ1) is 23.1. The van der Waals surface area contributed by atoms with E-state index in [1.165, 1.54) is 24.3 Å². The van der Waals surface area contributed by atoms with Crippen LogP contribution in [0.1, 0.15) is 5.56 Å². The monoisotopic (exact) mass is 484 g/mol. The molecule has 0 aliphatic rings. The predicted molar refractivity (Wildman–Crippen MR) is 115 cm³/mol. The molecule has 162 valence electrons. The number of hydrogen-bond donors (Lipinski definition) is 1. The van der Waals surface area contributed by atoms with Crippen LogP contribution in [0.2, 0.25) is 10.0 Å². The fourth-order valence-corrected chi connectivity index (χ4v) is 4.37. The number of amides is 1. The summed E-state index contributed by atoms with van der Waals surface area (Å²) in [6.45, 7) is -0.851. The van der Waals surface area contributed by atoms with E-state index < -0.39 is 39.8 Å². The van der Waals surface area contributed by atoms with Gasteiger partial charge in [0.05, 0.1) is 11.4 Å². The Hall–Kier alpha value is -2.52. The van der Waals surface area contributed by atoms with Crippen LogP contribution in [-0.2, 0) is 21.4 Å². The summed E-state index contributed by atoms with van der Waals surface area (Å²) in [5, 5.41) is 2.90. The van der Waals surface area contributed by atoms with E-state index in [-0.39, 0.29) is 11.4 Å². The molecule has 0 spiro atoms. The molecule has 0 heterocycles. The molecule has 0 radical (unpaired) electrons. The van der Waals surface area contributed by atoms with Crippen molar-refractivity contribution < 1.29 is 22.0 Å². The number of para-hydroxylation sites is 1. The Kier molecular flexibility index (Phi) is 7.27. The highest BCUT2D eigenvalue weighted by atomic mass is 35.5. The van der Waals surface area contributed by atoms with Crippen molar-refractivity contribution in [3.63, 3.8) is 0 Å². The molecule has 0 aromatic heterocycles. The number of nitrogens with one attached hydrogen (secondary N) is 1. The second-order valence-electron chi connectivity index (χ2n) is 6.50. The zero-order valence-electron chi connectivity index (χ0n) is 15.9. The van der Waals surface area contributed by atoms with Gasteiger partial charge in [0.25, 0.3) is 0 Å². The number of benzene rings is 3. The average Bonchev–Trinajstić information content (AvgIpc) is 2.72. The maximum Gasteiger partial charge on any atom is 0.243 e. The maximum absolute atomic E-state index is 13.9. The molecule has 3 aromatic rings. The van der Waals surface area contributed by atoms with Crippen molar-refractivity contribution in [1.29, 1.82) is 0 Å². The first-order chi connectivity index (χ1) is 14.7. The highest BCUT2D eigenvalue weighted by Gasteiger charge is 2.27. The van der Waals surface area contributed by atoms with Crippen molar-refractivity contribution in [1.82, 2.24) is 4.31 Å². The van der Waals surface area contributed by atoms with E-state index in [0.29, 0.717) is 15.6 Å². The van der Waals surface area contributed by atoms with Crippen molar-refractivity contribution >= 4 is 44.8 Å². The standard InChI is InChI=1S/C21H16Cl2F2N2O3S/c22-15-6-4-14(5-7-15)12-27(31(29,30)17-10-8-16(23)9-11-17)13-20(28)26-21-18(24)2-1-3-19(21)25/h1-11H,12-13H2,(H,26,28). The highest BCUT2D eigenvalue weighted by molar-refractivity contribution is 7.89. The minimum Gasteiger partial charge on any atom is -0.320 e. The molecular formula is C21H16Cl2F2N2O3S. The lowest BCUT2D eigenvalue weighted by atomic mass is 10.2. The molecule has 0 saturated carbocycles. The van der Waals surface area contributed by atoms with Gasteiger partial charge >= 0.3 is 0 Å². The lowest BCUT2D eigenvalue weighted by molar-refractivity contribution is -0.116. The summed E-state index contributed by atoms with van der Waals surface area (Å²) in [6.07, 6.45) is 0. The van der Waals surface area contributed by atoms with E-state index in [9.17, 15) is 22.0 Å². The topological polar surface area (TPSA) is 66.5 Å². The van der Waals surface area contributed by atoms with Crippen LogP contribution in [0.5, 0.6) is 0 Å². The van der Waals surface area contributed by atoms with E-state index >= 15 is 0 Å². The third-order valence-corrected chi connectivity index (χ3v) is 6.58. The van der Waals surface area contributed by atoms with Crippen molar-refractivity contribution in [2.45, 2.75) is 11.4 Å². The second kappa shape index (κ2) is 9.74. The maximum atomic E-state index is 13.9. The van der Waals surface area contributed by atoms with E-state index in [4.69, 9.17) is 23.2 Å². The lowest BCUT2D eigenvalue weighted by Crippen LogP contribution is -2.37. The summed E-state index contributed by atoms with van der Waals surface area (Å²) >= 11 is 11.7. The van der Waals surface area contributed by atoms with Gasteiger partial charge in [0.1, 0.15) is 17.3 Å². The van der Waals surface area contributed by atoms with Crippen LogP contribution in [0.15, 0.2) is 71.6 Å². The quantitative estimate of drug-likeness (QED) is 0.507. The van der Waals surface area contributed by atoms with Crippen LogP contribution in [0.25, 0.3) is 0 Å². The van der Waals surface area contributed by atoms with Crippen LogP contribution in [0.4, 0.5) is 14.5 Å². The Balaban J connectivity index is 1.90. The largest absolute Gasteiger partial charge is 0.320 e. The van der Waals surface area contributed by atoms with Gasteiger partial charge in [-0.25, -0.2) is 17.2 Å². The molecule has 31 heavy (non-hydrogen) atoms. The number of hydrogen-bond acceptors (Lipinski definition) is 3. The van der Waals surface area contributed by atoms with Crippen LogP contribution < -0.4 is 5.32 Å². The Morgan fingerprint density at radius 2 is 1.39 bits per heavy atom. The number of rotatable bonds is 7. The number of sulfonamides is 1. The SMILES string of the molecule is O=C(CN(Cc1ccc(Cl)cc1)S(=O)(=O)c1ccc(Cl)cc1)Nc1c(F)cccc1F. The van der Waals surface area contributed by atoms with Gasteiger partial charge in [0.2, 0.25) is 15.9 Å². The molecule has 0 aliphatic heterocycles. The Morgan fingerprint density at radius 3 is 1.94 bits per heavy atom. The molecule has 0 bridgehead atoms. The van der Waals surface area contributed by atoms with Crippen molar-refractivity contribution in [3.8, 4) is 0 Å². The average molecular weight is 485 g/mol. The highest BCUT2D eigenvalue weighted by Crippen LogP contribution is 2.22. The third-order valence-electron chi connectivity index (χ3n) is 4.27.